The molecule has 3 fully saturated rings. The molecule has 1 heterocycles. The molecule has 0 bridgehead atoms. The zero-order valence-electron chi connectivity index (χ0n) is 12.0. The van der Waals surface area contributed by atoms with Gasteiger partial charge in [-0.2, -0.15) is 0 Å². The molecule has 2 saturated carbocycles. The van der Waals surface area contributed by atoms with Crippen LogP contribution < -0.4 is 0 Å². The van der Waals surface area contributed by atoms with Gasteiger partial charge in [0.15, 0.2) is 5.79 Å². The molecule has 0 aromatic carbocycles. The third kappa shape index (κ3) is 2.19. The van der Waals surface area contributed by atoms with E-state index in [1.165, 1.54) is 20.6 Å². The zero-order valence-corrected chi connectivity index (χ0v) is 12.0. The summed E-state index contributed by atoms with van der Waals surface area (Å²) in [7, 11) is 3.03. The quantitative estimate of drug-likeness (QED) is 0.755. The number of hydrogen-bond donors (Lipinski definition) is 2. The van der Waals surface area contributed by atoms with E-state index in [4.69, 9.17) is 18.9 Å². The molecule has 0 aromatic heterocycles. The van der Waals surface area contributed by atoms with Crippen LogP contribution in [-0.2, 0) is 18.9 Å². The van der Waals surface area contributed by atoms with Gasteiger partial charge in [-0.1, -0.05) is 6.42 Å². The predicted octanol–water partition coefficient (Wildman–Crippen LogP) is 0.196. The van der Waals surface area contributed by atoms with Gasteiger partial charge in [0.2, 0.25) is 0 Å². The van der Waals surface area contributed by atoms with Crippen molar-refractivity contribution in [2.24, 2.45) is 0 Å². The molecule has 6 heteroatoms. The largest absolute Gasteiger partial charge is 0.387 e. The fraction of sp³-hybridized carbons (Fsp3) is 1.00. The van der Waals surface area contributed by atoms with E-state index in [1.54, 1.807) is 0 Å². The number of methoxy groups -OCH3 is 2. The van der Waals surface area contributed by atoms with E-state index in [9.17, 15) is 10.2 Å². The number of aliphatic hydroxyl groups excluding tert-OH is 2. The molecule has 1 saturated heterocycles. The molecule has 2 N–H and O–H groups in total. The van der Waals surface area contributed by atoms with Gasteiger partial charge in [-0.25, -0.2) is 0 Å². The fourth-order valence-electron chi connectivity index (χ4n) is 3.82. The van der Waals surface area contributed by atoms with Crippen LogP contribution in [0.5, 0.6) is 0 Å². The summed E-state index contributed by atoms with van der Waals surface area (Å²) in [5.74, 6) is -0.592. The molecule has 116 valence electrons. The number of fused-ring (bicyclic) bond motifs is 1. The van der Waals surface area contributed by atoms with E-state index in [-0.39, 0.29) is 0 Å². The highest BCUT2D eigenvalue weighted by Crippen LogP contribution is 2.45. The first-order chi connectivity index (χ1) is 9.62. The van der Waals surface area contributed by atoms with Crippen LogP contribution in [0.2, 0.25) is 0 Å². The first kappa shape index (κ1) is 14.7. The molecule has 0 unspecified atom stereocenters. The van der Waals surface area contributed by atoms with Gasteiger partial charge in [-0.15, -0.1) is 0 Å². The smallest absolute Gasteiger partial charge is 0.169 e. The Morgan fingerprint density at radius 3 is 1.70 bits per heavy atom. The first-order valence-corrected chi connectivity index (χ1v) is 7.39. The van der Waals surface area contributed by atoms with Gasteiger partial charge in [0.25, 0.3) is 0 Å². The van der Waals surface area contributed by atoms with Crippen molar-refractivity contribution in [3.63, 3.8) is 0 Å². The van der Waals surface area contributed by atoms with Crippen LogP contribution in [0.3, 0.4) is 0 Å². The lowest BCUT2D eigenvalue weighted by atomic mass is 9.85. The summed E-state index contributed by atoms with van der Waals surface area (Å²) in [5.41, 5.74) is 0. The topological polar surface area (TPSA) is 77.4 Å². The van der Waals surface area contributed by atoms with Crippen LogP contribution in [0.1, 0.15) is 32.1 Å². The monoisotopic (exact) mass is 288 g/mol. The summed E-state index contributed by atoms with van der Waals surface area (Å²) < 4.78 is 23.0. The van der Waals surface area contributed by atoms with E-state index in [1.807, 2.05) is 0 Å². The van der Waals surface area contributed by atoms with E-state index in [0.717, 1.165) is 25.7 Å². The molecule has 6 nitrogen and oxygen atoms in total. The van der Waals surface area contributed by atoms with Gasteiger partial charge in [0, 0.05) is 27.1 Å². The van der Waals surface area contributed by atoms with Crippen molar-refractivity contribution < 1.29 is 29.2 Å². The Morgan fingerprint density at radius 1 is 0.850 bits per heavy atom. The maximum absolute atomic E-state index is 10.2. The van der Waals surface area contributed by atoms with Crippen molar-refractivity contribution in [3.05, 3.63) is 0 Å². The van der Waals surface area contributed by atoms with Gasteiger partial charge >= 0.3 is 0 Å². The minimum atomic E-state index is -1.03. The van der Waals surface area contributed by atoms with E-state index in [2.05, 4.69) is 0 Å². The van der Waals surface area contributed by atoms with Crippen molar-refractivity contribution in [2.75, 3.05) is 14.2 Å². The Balaban J connectivity index is 1.86. The second-order valence-corrected chi connectivity index (χ2v) is 6.02. The Bertz CT molecular complexity index is 317. The normalized spacial score (nSPS) is 47.4. The van der Waals surface area contributed by atoms with Gasteiger partial charge in [0.05, 0.1) is 0 Å². The summed E-state index contributed by atoms with van der Waals surface area (Å²) in [6.07, 6.45) is 0.962. The molecule has 6 atom stereocenters. The summed E-state index contributed by atoms with van der Waals surface area (Å²) in [6, 6.07) is 0. The van der Waals surface area contributed by atoms with Crippen LogP contribution >= 0.6 is 0 Å². The minimum absolute atomic E-state index is 0.401. The summed E-state index contributed by atoms with van der Waals surface area (Å²) in [6.45, 7) is 0. The van der Waals surface area contributed by atoms with Crippen molar-refractivity contribution in [2.45, 2.75) is 74.5 Å². The highest BCUT2D eigenvalue weighted by molar-refractivity contribution is 5.06. The highest BCUT2D eigenvalue weighted by Gasteiger charge is 2.60. The van der Waals surface area contributed by atoms with Crippen LogP contribution in [0.25, 0.3) is 0 Å². The molecule has 1 aliphatic heterocycles. The van der Waals surface area contributed by atoms with E-state index in [0.29, 0.717) is 0 Å². The van der Waals surface area contributed by atoms with Crippen LogP contribution in [0, 0.1) is 0 Å². The molecular weight excluding hydrogens is 264 g/mol. The summed E-state index contributed by atoms with van der Waals surface area (Å²) >= 11 is 0. The second kappa shape index (κ2) is 5.51. The van der Waals surface area contributed by atoms with Crippen LogP contribution in [-0.4, -0.2) is 66.8 Å². The zero-order chi connectivity index (χ0) is 14.3. The third-order valence-electron chi connectivity index (χ3n) is 4.86. The number of rotatable bonds is 2. The lowest BCUT2D eigenvalue weighted by Crippen LogP contribution is -2.63. The van der Waals surface area contributed by atoms with Crippen molar-refractivity contribution in [3.8, 4) is 0 Å². The minimum Gasteiger partial charge on any atom is -0.387 e. The van der Waals surface area contributed by atoms with Crippen molar-refractivity contribution >= 4 is 0 Å². The predicted molar refractivity (Wildman–Crippen MR) is 69.2 cm³/mol. The van der Waals surface area contributed by atoms with Crippen LogP contribution in [0.15, 0.2) is 0 Å². The standard InChI is InChI=1S/C14H24O6/c1-17-10-8(15)9(16)11(18-2)13-12(10)19-14(20-13)6-4-3-5-7-14/h8-13,15-16H,3-7H2,1-2H3/t8-,9-,10+,11+,12-,13+/m1/s1. The Hall–Kier alpha value is -0.240. The Morgan fingerprint density at radius 2 is 1.30 bits per heavy atom. The molecular formula is C14H24O6. The van der Waals surface area contributed by atoms with Crippen molar-refractivity contribution in [1.82, 2.24) is 0 Å². The van der Waals surface area contributed by atoms with Gasteiger partial charge in [-0.05, 0) is 12.8 Å². The maximum atomic E-state index is 10.2. The van der Waals surface area contributed by atoms with E-state index >= 15 is 0 Å². The fourth-order valence-corrected chi connectivity index (χ4v) is 3.82. The number of aliphatic hydroxyl groups is 2. The van der Waals surface area contributed by atoms with Gasteiger partial charge in [-0.3, -0.25) is 0 Å². The number of ether oxygens (including phenoxy) is 4. The first-order valence-electron chi connectivity index (χ1n) is 7.39. The second-order valence-electron chi connectivity index (χ2n) is 6.02. The third-order valence-corrected chi connectivity index (χ3v) is 4.86. The summed E-state index contributed by atoms with van der Waals surface area (Å²) in [5, 5.41) is 20.4. The number of hydrogen-bond acceptors (Lipinski definition) is 6. The molecule has 0 amide bonds. The molecule has 20 heavy (non-hydrogen) atoms. The molecule has 3 rings (SSSR count). The molecule has 2 aliphatic carbocycles. The summed E-state index contributed by atoms with van der Waals surface area (Å²) in [4.78, 5) is 0. The molecule has 3 aliphatic rings. The van der Waals surface area contributed by atoms with Crippen molar-refractivity contribution in [1.29, 1.82) is 0 Å². The maximum Gasteiger partial charge on any atom is 0.169 e. The average molecular weight is 288 g/mol. The average Bonchev–Trinajstić information content (AvgIpc) is 2.80. The van der Waals surface area contributed by atoms with Crippen LogP contribution in [0.4, 0.5) is 0 Å². The highest BCUT2D eigenvalue weighted by atomic mass is 16.8. The molecule has 0 aromatic rings. The molecule has 1 spiro atoms. The van der Waals surface area contributed by atoms with Gasteiger partial charge < -0.3 is 29.2 Å². The Labute approximate surface area is 119 Å². The lowest BCUT2D eigenvalue weighted by Gasteiger charge is -2.41. The van der Waals surface area contributed by atoms with E-state index < -0.39 is 42.4 Å². The SMILES string of the molecule is CO[C@H]1[C@H](O)[C@@H](O)[C@H](OC)[C@H]2OC3(CCCCC3)O[C@H]21. The lowest BCUT2D eigenvalue weighted by molar-refractivity contribution is -0.206. The van der Waals surface area contributed by atoms with Gasteiger partial charge in [0.1, 0.15) is 36.6 Å². The Kier molecular flexibility index (Phi) is 4.05. The molecule has 0 radical (unpaired) electrons.